The van der Waals surface area contributed by atoms with Gasteiger partial charge in [0.15, 0.2) is 0 Å². The molecule has 0 spiro atoms. The number of nitrogens with one attached hydrogen (secondary N) is 1. The largest absolute Gasteiger partial charge is 0.353 e. The first-order chi connectivity index (χ1) is 10.2. The lowest BCUT2D eigenvalue weighted by atomic mass is 10.1. The van der Waals surface area contributed by atoms with Gasteiger partial charge in [0, 0.05) is 12.6 Å². The third-order valence-corrected chi connectivity index (χ3v) is 2.98. The van der Waals surface area contributed by atoms with Crippen molar-refractivity contribution in [1.82, 2.24) is 15.2 Å². The average Bonchev–Trinajstić information content (AvgIpc) is 2.46. The van der Waals surface area contributed by atoms with Gasteiger partial charge in [0.1, 0.15) is 17.2 Å². The van der Waals surface area contributed by atoms with Crippen LogP contribution in [0.2, 0.25) is 0 Å². The van der Waals surface area contributed by atoms with E-state index >= 15 is 0 Å². The summed E-state index contributed by atoms with van der Waals surface area (Å²) in [6.45, 7) is 0.461. The van der Waals surface area contributed by atoms with Crippen LogP contribution < -0.4 is 5.32 Å². The lowest BCUT2D eigenvalue weighted by Crippen LogP contribution is -2.09. The van der Waals surface area contributed by atoms with Crippen LogP contribution in [-0.2, 0) is 6.42 Å². The van der Waals surface area contributed by atoms with Gasteiger partial charge < -0.3 is 5.32 Å². The van der Waals surface area contributed by atoms with Crippen LogP contribution in [0.5, 0.6) is 0 Å². The number of nitrogens with zero attached hydrogens (tertiary/aromatic N) is 3. The van der Waals surface area contributed by atoms with Crippen molar-refractivity contribution in [1.29, 1.82) is 0 Å². The maximum Gasteiger partial charge on any atom is 0.243 e. The van der Waals surface area contributed by atoms with Gasteiger partial charge in [0.25, 0.3) is 0 Å². The van der Waals surface area contributed by atoms with Crippen molar-refractivity contribution in [3.63, 3.8) is 0 Å². The van der Waals surface area contributed by atoms with Crippen molar-refractivity contribution in [2.24, 2.45) is 0 Å². The fourth-order valence-electron chi connectivity index (χ4n) is 2.03. The Bertz CT molecular complexity index is 756. The summed E-state index contributed by atoms with van der Waals surface area (Å²) in [4.78, 5) is 4.31. The fourth-order valence-corrected chi connectivity index (χ4v) is 2.03. The molecule has 106 valence electrons. The Hall–Kier alpha value is -2.63. The standard InChI is InChI=1S/C15H12F2N4/c16-11-7-10(8-12(17)9-11)5-6-18-15-19-13-3-1-2-4-14(13)20-21-15/h1-4,7-9H,5-6H2,(H,18,19,21). The molecule has 1 N–H and O–H groups in total. The molecule has 0 fully saturated rings. The lowest BCUT2D eigenvalue weighted by Gasteiger charge is -2.05. The number of halogens is 2. The van der Waals surface area contributed by atoms with E-state index in [-0.39, 0.29) is 0 Å². The molecule has 0 aliphatic heterocycles. The zero-order chi connectivity index (χ0) is 14.7. The highest BCUT2D eigenvalue weighted by atomic mass is 19.1. The smallest absolute Gasteiger partial charge is 0.243 e. The van der Waals surface area contributed by atoms with Gasteiger partial charge in [-0.2, -0.15) is 0 Å². The van der Waals surface area contributed by atoms with Gasteiger partial charge in [-0.05, 0) is 36.2 Å². The zero-order valence-electron chi connectivity index (χ0n) is 11.1. The molecule has 3 rings (SSSR count). The second-order valence-electron chi connectivity index (χ2n) is 4.58. The normalized spacial score (nSPS) is 10.8. The van der Waals surface area contributed by atoms with Gasteiger partial charge in [-0.1, -0.05) is 12.1 Å². The summed E-state index contributed by atoms with van der Waals surface area (Å²) in [5, 5.41) is 11.0. The summed E-state index contributed by atoms with van der Waals surface area (Å²) in [5.41, 5.74) is 2.04. The van der Waals surface area contributed by atoms with Crippen molar-refractivity contribution in [2.45, 2.75) is 6.42 Å². The van der Waals surface area contributed by atoms with E-state index in [2.05, 4.69) is 20.5 Å². The van der Waals surface area contributed by atoms with Gasteiger partial charge in [-0.3, -0.25) is 0 Å². The predicted molar refractivity (Wildman–Crippen MR) is 75.9 cm³/mol. The van der Waals surface area contributed by atoms with E-state index < -0.39 is 11.6 Å². The van der Waals surface area contributed by atoms with Crippen LogP contribution >= 0.6 is 0 Å². The van der Waals surface area contributed by atoms with Crippen LogP contribution in [0.25, 0.3) is 11.0 Å². The Morgan fingerprint density at radius 3 is 2.38 bits per heavy atom. The fraction of sp³-hybridized carbons (Fsp3) is 0.133. The van der Waals surface area contributed by atoms with E-state index in [1.165, 1.54) is 12.1 Å². The molecular formula is C15H12F2N4. The predicted octanol–water partition coefficient (Wildman–Crippen LogP) is 2.96. The summed E-state index contributed by atoms with van der Waals surface area (Å²) >= 11 is 0. The first kappa shape index (κ1) is 13.4. The summed E-state index contributed by atoms with van der Waals surface area (Å²) < 4.78 is 26.1. The Morgan fingerprint density at radius 2 is 1.62 bits per heavy atom. The molecule has 0 atom stereocenters. The Kier molecular flexibility index (Phi) is 3.68. The molecule has 0 aliphatic carbocycles. The molecule has 4 nitrogen and oxygen atoms in total. The van der Waals surface area contributed by atoms with Crippen LogP contribution in [0.3, 0.4) is 0 Å². The highest BCUT2D eigenvalue weighted by molar-refractivity contribution is 5.73. The molecule has 1 heterocycles. The van der Waals surface area contributed by atoms with E-state index in [4.69, 9.17) is 0 Å². The second-order valence-corrected chi connectivity index (χ2v) is 4.58. The first-order valence-corrected chi connectivity index (χ1v) is 6.49. The van der Waals surface area contributed by atoms with E-state index in [0.717, 1.165) is 17.1 Å². The van der Waals surface area contributed by atoms with Crippen molar-refractivity contribution in [2.75, 3.05) is 11.9 Å². The minimum atomic E-state index is -0.575. The Labute approximate surface area is 119 Å². The van der Waals surface area contributed by atoms with Crippen molar-refractivity contribution in [3.8, 4) is 0 Å². The number of rotatable bonds is 4. The van der Waals surface area contributed by atoms with Crippen LogP contribution in [0.1, 0.15) is 5.56 Å². The molecule has 1 aromatic heterocycles. The van der Waals surface area contributed by atoms with Crippen LogP contribution in [-0.4, -0.2) is 21.7 Å². The highest BCUT2D eigenvalue weighted by Gasteiger charge is 2.03. The van der Waals surface area contributed by atoms with E-state index in [0.29, 0.717) is 24.5 Å². The molecule has 0 bridgehead atoms. The van der Waals surface area contributed by atoms with Crippen molar-refractivity contribution >= 4 is 17.0 Å². The van der Waals surface area contributed by atoms with E-state index in [1.54, 1.807) is 0 Å². The van der Waals surface area contributed by atoms with Crippen molar-refractivity contribution < 1.29 is 8.78 Å². The highest BCUT2D eigenvalue weighted by Crippen LogP contribution is 2.10. The van der Waals surface area contributed by atoms with E-state index in [1.807, 2.05) is 24.3 Å². The Morgan fingerprint density at radius 1 is 0.905 bits per heavy atom. The molecule has 3 aromatic rings. The Balaban J connectivity index is 1.66. The third kappa shape index (κ3) is 3.28. The quantitative estimate of drug-likeness (QED) is 0.801. The third-order valence-electron chi connectivity index (χ3n) is 2.98. The lowest BCUT2D eigenvalue weighted by molar-refractivity contribution is 0.580. The number of fused-ring (bicyclic) bond motifs is 1. The minimum absolute atomic E-state index is 0.394. The van der Waals surface area contributed by atoms with Gasteiger partial charge in [-0.25, -0.2) is 13.8 Å². The molecule has 0 aliphatic rings. The summed E-state index contributed by atoms with van der Waals surface area (Å²) in [5.74, 6) is -0.757. The molecule has 0 unspecified atom stereocenters. The zero-order valence-corrected chi connectivity index (χ0v) is 11.1. The maximum absolute atomic E-state index is 13.1. The number of aromatic nitrogens is 3. The van der Waals surface area contributed by atoms with Gasteiger partial charge in [-0.15, -0.1) is 10.2 Å². The van der Waals surface area contributed by atoms with Crippen LogP contribution in [0.4, 0.5) is 14.7 Å². The molecule has 0 radical (unpaired) electrons. The van der Waals surface area contributed by atoms with Crippen molar-refractivity contribution in [3.05, 3.63) is 59.7 Å². The second kappa shape index (κ2) is 5.78. The number of hydrogen-bond acceptors (Lipinski definition) is 4. The summed E-state index contributed by atoms with van der Waals surface area (Å²) in [6, 6.07) is 10.9. The molecule has 2 aromatic carbocycles. The molecule has 0 amide bonds. The number of hydrogen-bond donors (Lipinski definition) is 1. The SMILES string of the molecule is Fc1cc(F)cc(CCNc2nnc3ccccc3n2)c1. The molecular weight excluding hydrogens is 274 g/mol. The van der Waals surface area contributed by atoms with Gasteiger partial charge in [0.2, 0.25) is 5.95 Å². The first-order valence-electron chi connectivity index (χ1n) is 6.49. The maximum atomic E-state index is 13.1. The van der Waals surface area contributed by atoms with E-state index in [9.17, 15) is 8.78 Å². The number of para-hydroxylation sites is 1. The number of benzene rings is 2. The topological polar surface area (TPSA) is 50.7 Å². The monoisotopic (exact) mass is 286 g/mol. The average molecular weight is 286 g/mol. The molecule has 21 heavy (non-hydrogen) atoms. The summed E-state index contributed by atoms with van der Waals surface area (Å²) in [6.07, 6.45) is 0.463. The van der Waals surface area contributed by atoms with Gasteiger partial charge >= 0.3 is 0 Å². The molecule has 0 saturated heterocycles. The van der Waals surface area contributed by atoms with Crippen LogP contribution in [0, 0.1) is 11.6 Å². The van der Waals surface area contributed by atoms with Gasteiger partial charge in [0.05, 0.1) is 5.52 Å². The summed E-state index contributed by atoms with van der Waals surface area (Å²) in [7, 11) is 0. The minimum Gasteiger partial charge on any atom is -0.353 e. The molecule has 0 saturated carbocycles. The van der Waals surface area contributed by atoms with Crippen LogP contribution in [0.15, 0.2) is 42.5 Å². The molecule has 6 heteroatoms. The number of anilines is 1.